The summed E-state index contributed by atoms with van der Waals surface area (Å²) in [5, 5.41) is 2.72. The van der Waals surface area contributed by atoms with E-state index in [0.29, 0.717) is 13.0 Å². The van der Waals surface area contributed by atoms with Crippen LogP contribution < -0.4 is 5.32 Å². The van der Waals surface area contributed by atoms with Crippen LogP contribution in [0.1, 0.15) is 41.6 Å². The van der Waals surface area contributed by atoms with E-state index < -0.39 is 23.4 Å². The van der Waals surface area contributed by atoms with Gasteiger partial charge in [-0.1, -0.05) is 0 Å². The first kappa shape index (κ1) is 17.4. The summed E-state index contributed by atoms with van der Waals surface area (Å²) in [5.41, 5.74) is 0.651. The Hall–Kier alpha value is -1.93. The zero-order chi connectivity index (χ0) is 17.2. The van der Waals surface area contributed by atoms with Crippen molar-refractivity contribution in [2.24, 2.45) is 0 Å². The highest BCUT2D eigenvalue weighted by Gasteiger charge is 2.34. The van der Waals surface area contributed by atoms with Crippen LogP contribution in [0.15, 0.2) is 0 Å². The summed E-state index contributed by atoms with van der Waals surface area (Å²) in [4.78, 5) is 36.3. The molecule has 0 atom stereocenters. The van der Waals surface area contributed by atoms with Gasteiger partial charge in [0.05, 0.1) is 31.5 Å². The number of carbonyl (C=O) groups is 3. The maximum atomic E-state index is 12.1. The zero-order valence-corrected chi connectivity index (χ0v) is 14.3. The van der Waals surface area contributed by atoms with Gasteiger partial charge >= 0.3 is 17.8 Å². The second-order valence-electron chi connectivity index (χ2n) is 5.60. The molecule has 0 saturated carbocycles. The van der Waals surface area contributed by atoms with E-state index in [4.69, 9.17) is 9.47 Å². The highest BCUT2D eigenvalue weighted by Crippen LogP contribution is 2.40. The third kappa shape index (κ3) is 3.70. The number of nitrogens with one attached hydrogen (secondary N) is 1. The first-order valence-corrected chi connectivity index (χ1v) is 7.95. The lowest BCUT2D eigenvalue weighted by Crippen LogP contribution is -2.32. The van der Waals surface area contributed by atoms with Gasteiger partial charge in [-0.25, -0.2) is 9.59 Å². The molecule has 1 aromatic heterocycles. The lowest BCUT2D eigenvalue weighted by atomic mass is 9.93. The lowest BCUT2D eigenvalue weighted by Gasteiger charge is -2.30. The number of ether oxygens (including phenoxy) is 3. The molecule has 0 bridgehead atoms. The first-order valence-electron chi connectivity index (χ1n) is 7.14. The van der Waals surface area contributed by atoms with Gasteiger partial charge in [-0.2, -0.15) is 0 Å². The Bertz CT molecular complexity index is 649. The Kier molecular flexibility index (Phi) is 5.06. The van der Waals surface area contributed by atoms with Crippen molar-refractivity contribution < 1.29 is 28.6 Å². The zero-order valence-electron chi connectivity index (χ0n) is 13.5. The molecule has 0 saturated heterocycles. The molecular weight excluding hydrogens is 322 g/mol. The van der Waals surface area contributed by atoms with Crippen LogP contribution in [0, 0.1) is 0 Å². The number of fused-ring (bicyclic) bond motifs is 1. The number of hydrogen-bond donors (Lipinski definition) is 1. The molecule has 1 aliphatic heterocycles. The van der Waals surface area contributed by atoms with E-state index in [1.165, 1.54) is 18.4 Å². The largest absolute Gasteiger partial charge is 0.465 e. The fourth-order valence-electron chi connectivity index (χ4n) is 2.31. The summed E-state index contributed by atoms with van der Waals surface area (Å²) in [6.07, 6.45) is 0.512. The van der Waals surface area contributed by atoms with E-state index in [0.717, 1.165) is 10.4 Å². The number of rotatable bonds is 3. The average Bonchev–Trinajstić information content (AvgIpc) is 2.82. The van der Waals surface area contributed by atoms with E-state index in [1.54, 1.807) is 6.92 Å². The number of amides is 1. The second kappa shape index (κ2) is 6.67. The topological polar surface area (TPSA) is 90.9 Å². The molecule has 2 heterocycles. The van der Waals surface area contributed by atoms with Gasteiger partial charge in [0.25, 0.3) is 0 Å². The van der Waals surface area contributed by atoms with Gasteiger partial charge in [0.2, 0.25) is 0 Å². The van der Waals surface area contributed by atoms with Crippen molar-refractivity contribution in [1.29, 1.82) is 0 Å². The lowest BCUT2D eigenvalue weighted by molar-refractivity contribution is -0.152. The predicted molar refractivity (Wildman–Crippen MR) is 83.5 cm³/mol. The molecule has 126 valence electrons. The van der Waals surface area contributed by atoms with E-state index in [1.807, 2.05) is 13.8 Å². The molecule has 0 unspecified atom stereocenters. The summed E-state index contributed by atoms with van der Waals surface area (Å²) in [6, 6.07) is 0. The fraction of sp³-hybridized carbons (Fsp3) is 0.533. The van der Waals surface area contributed by atoms with Crippen molar-refractivity contribution in [2.75, 3.05) is 19.0 Å². The van der Waals surface area contributed by atoms with Crippen molar-refractivity contribution >= 4 is 34.2 Å². The van der Waals surface area contributed by atoms with Crippen LogP contribution in [0.25, 0.3) is 0 Å². The molecule has 0 spiro atoms. The maximum absolute atomic E-state index is 12.1. The summed E-state index contributed by atoms with van der Waals surface area (Å²) >= 11 is 1.20. The molecule has 7 nitrogen and oxygen atoms in total. The Morgan fingerprint density at radius 1 is 1.35 bits per heavy atom. The molecule has 0 radical (unpaired) electrons. The van der Waals surface area contributed by atoms with Gasteiger partial charge in [0, 0.05) is 11.3 Å². The Morgan fingerprint density at radius 3 is 2.65 bits per heavy atom. The highest BCUT2D eigenvalue weighted by molar-refractivity contribution is 7.17. The summed E-state index contributed by atoms with van der Waals surface area (Å²) in [6.45, 7) is 5.89. The standard InChI is InChI=1S/C15H19NO6S/c1-5-21-14(19)11(17)16-12-10(13(18)20-4)8-6-15(2,3)22-7-9(8)23-12/h5-7H2,1-4H3,(H,16,17). The highest BCUT2D eigenvalue weighted by atomic mass is 32.1. The van der Waals surface area contributed by atoms with Gasteiger partial charge in [-0.15, -0.1) is 11.3 Å². The van der Waals surface area contributed by atoms with Crippen LogP contribution in [0.2, 0.25) is 0 Å². The minimum absolute atomic E-state index is 0.0963. The summed E-state index contributed by atoms with van der Waals surface area (Å²) < 4.78 is 15.2. The molecule has 1 N–H and O–H groups in total. The van der Waals surface area contributed by atoms with Gasteiger partial charge < -0.3 is 19.5 Å². The number of esters is 2. The normalized spacial score (nSPS) is 15.5. The summed E-state index contributed by atoms with van der Waals surface area (Å²) in [7, 11) is 1.27. The number of carbonyl (C=O) groups excluding carboxylic acids is 3. The van der Waals surface area contributed by atoms with E-state index in [9.17, 15) is 14.4 Å². The van der Waals surface area contributed by atoms with Crippen LogP contribution in [-0.4, -0.2) is 37.2 Å². The molecule has 8 heteroatoms. The molecular formula is C15H19NO6S. The van der Waals surface area contributed by atoms with Crippen molar-refractivity contribution in [2.45, 2.75) is 39.4 Å². The maximum Gasteiger partial charge on any atom is 0.397 e. The second-order valence-corrected chi connectivity index (χ2v) is 6.70. The van der Waals surface area contributed by atoms with Crippen LogP contribution >= 0.6 is 11.3 Å². The number of hydrogen-bond acceptors (Lipinski definition) is 7. The van der Waals surface area contributed by atoms with Crippen molar-refractivity contribution in [3.63, 3.8) is 0 Å². The molecule has 0 fully saturated rings. The SMILES string of the molecule is CCOC(=O)C(=O)Nc1sc2c(c1C(=O)OC)CC(C)(C)OC2. The van der Waals surface area contributed by atoms with Gasteiger partial charge in [-0.05, 0) is 26.3 Å². The van der Waals surface area contributed by atoms with Gasteiger partial charge in [-0.3, -0.25) is 4.79 Å². The predicted octanol–water partition coefficient (Wildman–Crippen LogP) is 1.89. The third-order valence-corrected chi connectivity index (χ3v) is 4.49. The number of anilines is 1. The van der Waals surface area contributed by atoms with Crippen LogP contribution in [-0.2, 0) is 36.8 Å². The Morgan fingerprint density at radius 2 is 2.04 bits per heavy atom. The third-order valence-electron chi connectivity index (χ3n) is 3.36. The molecule has 23 heavy (non-hydrogen) atoms. The van der Waals surface area contributed by atoms with Crippen LogP contribution in [0.5, 0.6) is 0 Å². The molecule has 1 amide bonds. The van der Waals surface area contributed by atoms with Crippen molar-refractivity contribution in [1.82, 2.24) is 0 Å². The average molecular weight is 341 g/mol. The van der Waals surface area contributed by atoms with Crippen molar-refractivity contribution in [3.8, 4) is 0 Å². The quantitative estimate of drug-likeness (QED) is 0.667. The summed E-state index contributed by atoms with van der Waals surface area (Å²) in [5.74, 6) is -2.47. The smallest absolute Gasteiger partial charge is 0.397 e. The Labute approximate surface area is 137 Å². The van der Waals surface area contributed by atoms with Gasteiger partial charge in [0.15, 0.2) is 0 Å². The molecule has 1 aliphatic rings. The Balaban J connectivity index is 2.37. The van der Waals surface area contributed by atoms with E-state index in [-0.39, 0.29) is 17.2 Å². The minimum atomic E-state index is -0.994. The molecule has 0 aliphatic carbocycles. The fourth-order valence-corrected chi connectivity index (χ4v) is 3.42. The van der Waals surface area contributed by atoms with E-state index in [2.05, 4.69) is 10.1 Å². The first-order chi connectivity index (χ1) is 10.8. The van der Waals surface area contributed by atoms with Crippen LogP contribution in [0.4, 0.5) is 5.00 Å². The molecule has 0 aromatic carbocycles. The van der Waals surface area contributed by atoms with Gasteiger partial charge in [0.1, 0.15) is 5.00 Å². The van der Waals surface area contributed by atoms with E-state index >= 15 is 0 Å². The minimum Gasteiger partial charge on any atom is -0.465 e. The van der Waals surface area contributed by atoms with Crippen LogP contribution in [0.3, 0.4) is 0 Å². The monoisotopic (exact) mass is 341 g/mol. The molecule has 2 rings (SSSR count). The molecule has 1 aromatic rings. The number of methoxy groups -OCH3 is 1. The number of thiophene rings is 1. The van der Waals surface area contributed by atoms with Crippen molar-refractivity contribution in [3.05, 3.63) is 16.0 Å².